The molecule has 24 heavy (non-hydrogen) atoms. The van der Waals surface area contributed by atoms with Crippen LogP contribution in [0, 0.1) is 31.6 Å². The van der Waals surface area contributed by atoms with Gasteiger partial charge in [0, 0.05) is 19.2 Å². The molecule has 0 aliphatic heterocycles. The Hall–Kier alpha value is -1.84. The molecule has 2 aliphatic carbocycles. The van der Waals surface area contributed by atoms with Gasteiger partial charge < -0.3 is 10.2 Å². The fourth-order valence-electron chi connectivity index (χ4n) is 4.37. The van der Waals surface area contributed by atoms with E-state index in [0.29, 0.717) is 12.3 Å². The summed E-state index contributed by atoms with van der Waals surface area (Å²) >= 11 is 0. The zero-order chi connectivity index (χ0) is 17.3. The fourth-order valence-corrected chi connectivity index (χ4v) is 4.37. The first-order chi connectivity index (χ1) is 11.4. The molecule has 4 heteroatoms. The summed E-state index contributed by atoms with van der Waals surface area (Å²) in [5, 5.41) is 2.92. The normalized spacial score (nSPS) is 24.9. The highest BCUT2D eigenvalue weighted by atomic mass is 16.2. The Morgan fingerprint density at radius 2 is 2.00 bits per heavy atom. The second kappa shape index (κ2) is 6.96. The third kappa shape index (κ3) is 3.80. The van der Waals surface area contributed by atoms with E-state index in [1.807, 2.05) is 32.0 Å². The number of aryl methyl sites for hydroxylation is 2. The molecule has 0 unspecified atom stereocenters. The minimum Gasteiger partial charge on any atom is -0.336 e. The smallest absolute Gasteiger partial charge is 0.243 e. The van der Waals surface area contributed by atoms with Crippen LogP contribution < -0.4 is 5.32 Å². The number of carbonyl (C=O) groups is 2. The average Bonchev–Trinajstić information content (AvgIpc) is 3.13. The molecule has 1 aromatic carbocycles. The van der Waals surface area contributed by atoms with Crippen molar-refractivity contribution < 1.29 is 9.59 Å². The number of benzene rings is 1. The fraction of sp³-hybridized carbons (Fsp3) is 0.600. The first kappa shape index (κ1) is 17.0. The second-order valence-electron chi connectivity index (χ2n) is 7.76. The molecule has 0 saturated heterocycles. The molecule has 2 amide bonds. The van der Waals surface area contributed by atoms with Crippen molar-refractivity contribution in [2.24, 2.45) is 17.8 Å². The summed E-state index contributed by atoms with van der Waals surface area (Å²) < 4.78 is 0. The summed E-state index contributed by atoms with van der Waals surface area (Å²) in [6.45, 7) is 4.09. The zero-order valence-corrected chi connectivity index (χ0v) is 15.0. The topological polar surface area (TPSA) is 49.4 Å². The number of likely N-dealkylation sites (N-methyl/N-ethyl adjacent to an activating group) is 1. The van der Waals surface area contributed by atoms with Crippen molar-refractivity contribution in [2.45, 2.75) is 46.0 Å². The lowest BCUT2D eigenvalue weighted by atomic mass is 9.86. The Labute approximate surface area is 144 Å². The van der Waals surface area contributed by atoms with Gasteiger partial charge in [-0.05, 0) is 68.1 Å². The third-order valence-corrected chi connectivity index (χ3v) is 5.80. The van der Waals surface area contributed by atoms with Crippen LogP contribution >= 0.6 is 0 Å². The summed E-state index contributed by atoms with van der Waals surface area (Å²) in [5.41, 5.74) is 2.97. The molecule has 2 bridgehead atoms. The number of nitrogens with one attached hydrogen (secondary N) is 1. The number of hydrogen-bond donors (Lipinski definition) is 1. The number of nitrogens with zero attached hydrogens (tertiary/aromatic N) is 1. The molecule has 2 aliphatic rings. The van der Waals surface area contributed by atoms with E-state index < -0.39 is 0 Å². The number of anilines is 1. The van der Waals surface area contributed by atoms with Crippen molar-refractivity contribution in [2.75, 3.05) is 18.9 Å². The van der Waals surface area contributed by atoms with Crippen molar-refractivity contribution in [3.05, 3.63) is 29.3 Å². The second-order valence-corrected chi connectivity index (χ2v) is 7.76. The Bertz CT molecular complexity index is 641. The lowest BCUT2D eigenvalue weighted by Gasteiger charge is -2.24. The average molecular weight is 328 g/mol. The number of rotatable bonds is 5. The van der Waals surface area contributed by atoms with Crippen LogP contribution in [0.4, 0.5) is 5.69 Å². The Kier molecular flexibility index (Phi) is 4.93. The maximum absolute atomic E-state index is 12.4. The van der Waals surface area contributed by atoms with Gasteiger partial charge in [0.1, 0.15) is 0 Å². The first-order valence-corrected chi connectivity index (χ1v) is 9.03. The molecular formula is C20H28N2O2. The summed E-state index contributed by atoms with van der Waals surface area (Å²) in [6, 6.07) is 5.98. The molecule has 0 heterocycles. The maximum atomic E-state index is 12.4. The number of fused-ring (bicyclic) bond motifs is 2. The van der Waals surface area contributed by atoms with E-state index in [1.165, 1.54) is 25.7 Å². The van der Waals surface area contributed by atoms with E-state index in [4.69, 9.17) is 0 Å². The monoisotopic (exact) mass is 328 g/mol. The van der Waals surface area contributed by atoms with Crippen LogP contribution in [-0.4, -0.2) is 30.3 Å². The third-order valence-electron chi connectivity index (χ3n) is 5.80. The minimum atomic E-state index is -0.132. The Morgan fingerprint density at radius 1 is 1.21 bits per heavy atom. The van der Waals surface area contributed by atoms with Crippen LogP contribution in [0.2, 0.25) is 0 Å². The molecular weight excluding hydrogens is 300 g/mol. The number of amides is 2. The largest absolute Gasteiger partial charge is 0.336 e. The highest BCUT2D eigenvalue weighted by molar-refractivity contribution is 5.95. The lowest BCUT2D eigenvalue weighted by molar-refractivity contribution is -0.134. The van der Waals surface area contributed by atoms with Crippen molar-refractivity contribution in [3.63, 3.8) is 0 Å². The molecule has 0 aromatic heterocycles. The molecule has 1 N–H and O–H groups in total. The van der Waals surface area contributed by atoms with E-state index in [1.54, 1.807) is 11.9 Å². The van der Waals surface area contributed by atoms with Gasteiger partial charge in [0.15, 0.2) is 0 Å². The Balaban J connectivity index is 1.50. The van der Waals surface area contributed by atoms with Gasteiger partial charge in [-0.1, -0.05) is 18.6 Å². The molecule has 3 rings (SSSR count). The standard InChI is InChI=1S/C20H28N2O2/c1-13-4-5-14(2)18(8-13)21-19(23)12-22(3)20(24)11-17-10-15-6-7-16(17)9-15/h4-5,8,15-17H,6-7,9-12H2,1-3H3,(H,21,23)/t15-,16-,17+/m1/s1. The van der Waals surface area contributed by atoms with Gasteiger partial charge in [-0.3, -0.25) is 9.59 Å². The van der Waals surface area contributed by atoms with Crippen LogP contribution in [0.1, 0.15) is 43.2 Å². The highest BCUT2D eigenvalue weighted by Gasteiger charge is 2.40. The van der Waals surface area contributed by atoms with Crippen molar-refractivity contribution in [1.29, 1.82) is 0 Å². The van der Waals surface area contributed by atoms with Crippen molar-refractivity contribution >= 4 is 17.5 Å². The summed E-state index contributed by atoms with van der Waals surface area (Å²) in [5.74, 6) is 2.11. The van der Waals surface area contributed by atoms with Gasteiger partial charge in [-0.15, -0.1) is 0 Å². The molecule has 2 fully saturated rings. The molecule has 0 radical (unpaired) electrons. The van der Waals surface area contributed by atoms with Gasteiger partial charge >= 0.3 is 0 Å². The molecule has 130 valence electrons. The van der Waals surface area contributed by atoms with E-state index >= 15 is 0 Å². The van der Waals surface area contributed by atoms with Crippen molar-refractivity contribution in [3.8, 4) is 0 Å². The predicted molar refractivity (Wildman–Crippen MR) is 95.7 cm³/mol. The molecule has 3 atom stereocenters. The lowest BCUT2D eigenvalue weighted by Crippen LogP contribution is -2.36. The van der Waals surface area contributed by atoms with Crippen LogP contribution in [-0.2, 0) is 9.59 Å². The highest BCUT2D eigenvalue weighted by Crippen LogP contribution is 2.49. The van der Waals surface area contributed by atoms with Gasteiger partial charge in [0.2, 0.25) is 11.8 Å². The van der Waals surface area contributed by atoms with Crippen LogP contribution in [0.15, 0.2) is 18.2 Å². The first-order valence-electron chi connectivity index (χ1n) is 9.03. The quantitative estimate of drug-likeness (QED) is 0.899. The maximum Gasteiger partial charge on any atom is 0.243 e. The predicted octanol–water partition coefficient (Wildman–Crippen LogP) is 3.53. The number of carbonyl (C=O) groups excluding carboxylic acids is 2. The van der Waals surface area contributed by atoms with Gasteiger partial charge in [0.05, 0.1) is 6.54 Å². The van der Waals surface area contributed by atoms with Crippen molar-refractivity contribution in [1.82, 2.24) is 4.90 Å². The molecule has 1 aromatic rings. The molecule has 0 spiro atoms. The van der Waals surface area contributed by atoms with Gasteiger partial charge in [0.25, 0.3) is 0 Å². The van der Waals surface area contributed by atoms with Crippen LogP contribution in [0.3, 0.4) is 0 Å². The molecule has 4 nitrogen and oxygen atoms in total. The molecule has 2 saturated carbocycles. The van der Waals surface area contributed by atoms with Gasteiger partial charge in [-0.2, -0.15) is 0 Å². The Morgan fingerprint density at radius 3 is 2.67 bits per heavy atom. The zero-order valence-electron chi connectivity index (χ0n) is 15.0. The summed E-state index contributed by atoms with van der Waals surface area (Å²) in [6.07, 6.45) is 5.77. The van der Waals surface area contributed by atoms with E-state index in [2.05, 4.69) is 5.32 Å². The number of hydrogen-bond acceptors (Lipinski definition) is 2. The summed E-state index contributed by atoms with van der Waals surface area (Å²) in [4.78, 5) is 26.3. The summed E-state index contributed by atoms with van der Waals surface area (Å²) in [7, 11) is 1.73. The van der Waals surface area contributed by atoms with E-state index in [-0.39, 0.29) is 18.4 Å². The van der Waals surface area contributed by atoms with Crippen LogP contribution in [0.25, 0.3) is 0 Å². The van der Waals surface area contributed by atoms with E-state index in [0.717, 1.165) is 28.7 Å². The van der Waals surface area contributed by atoms with Gasteiger partial charge in [-0.25, -0.2) is 0 Å². The van der Waals surface area contributed by atoms with Crippen LogP contribution in [0.5, 0.6) is 0 Å². The SMILES string of the molecule is Cc1ccc(C)c(NC(=O)CN(C)C(=O)C[C@@H]2C[C@@H]3CC[C@@H]2C3)c1. The van der Waals surface area contributed by atoms with E-state index in [9.17, 15) is 9.59 Å². The minimum absolute atomic E-state index is 0.101.